The number of hydrogen-bond acceptors (Lipinski definition) is 0. The van der Waals surface area contributed by atoms with Crippen LogP contribution in [0.3, 0.4) is 0 Å². The Hall–Kier alpha value is 0.320. The van der Waals surface area contributed by atoms with Crippen LogP contribution in [-0.4, -0.2) is 8.79 Å². The van der Waals surface area contributed by atoms with Crippen molar-refractivity contribution in [2.45, 2.75) is 8.79 Å². The summed E-state index contributed by atoms with van der Waals surface area (Å²) in [5.41, 5.74) is 0. The third-order valence-corrected chi connectivity index (χ3v) is 1.40. The first kappa shape index (κ1) is 9.32. The molecule has 0 saturated carbocycles. The first-order valence-corrected chi connectivity index (χ1v) is 3.60. The quantitative estimate of drug-likeness (QED) is 0.470. The van der Waals surface area contributed by atoms with Crippen molar-refractivity contribution in [1.29, 1.82) is 0 Å². The van der Waals surface area contributed by atoms with Crippen molar-refractivity contribution in [3.63, 3.8) is 0 Å². The van der Waals surface area contributed by atoms with Gasteiger partial charge in [0, 0.05) is 0 Å². The first-order valence-electron chi connectivity index (χ1n) is 1.44. The molecule has 0 spiro atoms. The summed E-state index contributed by atoms with van der Waals surface area (Å²) >= 11 is -3.55. The Kier molecular flexibility index (Phi) is 2.60. The molecule has 0 aromatic heterocycles. The van der Waals surface area contributed by atoms with E-state index in [0.717, 1.165) is 0 Å². The average molecular weight is 335 g/mol. The van der Waals surface area contributed by atoms with E-state index in [4.69, 9.17) is 0 Å². The Morgan fingerprint density at radius 1 is 0.667 bits per heavy atom. The predicted octanol–water partition coefficient (Wildman–Crippen LogP) is 2.11. The van der Waals surface area contributed by atoms with Crippen LogP contribution in [0.1, 0.15) is 0 Å². The van der Waals surface area contributed by atoms with Gasteiger partial charge in [-0.25, -0.2) is 0 Å². The van der Waals surface area contributed by atoms with Crippen LogP contribution < -0.4 is 0 Å². The minimum atomic E-state index is -5.04. The van der Waals surface area contributed by atoms with E-state index < -0.39 is 28.5 Å². The molecule has 0 atom stereocenters. The summed E-state index contributed by atoms with van der Waals surface area (Å²) in [6.45, 7) is 0. The number of rotatable bonds is 0. The summed E-state index contributed by atoms with van der Waals surface area (Å²) < 4.78 is 55.2. The average Bonchev–Trinajstić information content (AvgIpc) is 1.14. The molecule has 0 aliphatic carbocycles. The van der Waals surface area contributed by atoms with Gasteiger partial charge in [-0.3, -0.25) is 0 Å². The molecule has 0 bridgehead atoms. The summed E-state index contributed by atoms with van der Waals surface area (Å²) in [4.78, 5) is 0. The van der Waals surface area contributed by atoms with Crippen molar-refractivity contribution < 1.29 is 46.1 Å². The SMILES string of the molecule is F[C](F)(F)[Au][C](F)(F)F. The molecule has 0 aromatic rings. The van der Waals surface area contributed by atoms with E-state index >= 15 is 0 Å². The van der Waals surface area contributed by atoms with Gasteiger partial charge in [-0.15, -0.1) is 0 Å². The van der Waals surface area contributed by atoms with Gasteiger partial charge >= 0.3 is 54.9 Å². The van der Waals surface area contributed by atoms with Crippen LogP contribution in [0.15, 0.2) is 0 Å². The van der Waals surface area contributed by atoms with E-state index in [0.29, 0.717) is 0 Å². The van der Waals surface area contributed by atoms with E-state index in [1.807, 2.05) is 0 Å². The van der Waals surface area contributed by atoms with E-state index in [2.05, 4.69) is 0 Å². The molecule has 61 valence electrons. The summed E-state index contributed by atoms with van der Waals surface area (Å²) in [5, 5.41) is 0. The Morgan fingerprint density at radius 3 is 0.889 bits per heavy atom. The van der Waals surface area contributed by atoms with Gasteiger partial charge < -0.3 is 0 Å². The molecular formula is C2AuF6. The topological polar surface area (TPSA) is 0 Å². The van der Waals surface area contributed by atoms with Crippen molar-refractivity contribution in [1.82, 2.24) is 0 Å². The molecule has 0 amide bonds. The molecule has 9 heavy (non-hydrogen) atoms. The van der Waals surface area contributed by atoms with Gasteiger partial charge in [0.1, 0.15) is 0 Å². The van der Waals surface area contributed by atoms with Crippen LogP contribution >= 0.6 is 0 Å². The third-order valence-electron chi connectivity index (χ3n) is 0.171. The molecule has 7 heteroatoms. The van der Waals surface area contributed by atoms with Gasteiger partial charge in [-0.2, -0.15) is 0 Å². The molecule has 0 N–H and O–H groups in total. The summed E-state index contributed by atoms with van der Waals surface area (Å²) in [7, 11) is 0. The summed E-state index contributed by atoms with van der Waals surface area (Å²) in [5.74, 6) is 0. The Labute approximate surface area is 55.5 Å². The number of hydrogen-bond donors (Lipinski definition) is 0. The van der Waals surface area contributed by atoms with Gasteiger partial charge in [-0.1, -0.05) is 0 Å². The van der Waals surface area contributed by atoms with Gasteiger partial charge in [-0.05, 0) is 0 Å². The molecule has 0 aliphatic rings. The standard InChI is InChI=1S/2CF3.Au/c2*2-1(3)4;. The zero-order chi connectivity index (χ0) is 7.71. The Morgan fingerprint density at radius 2 is 0.889 bits per heavy atom. The van der Waals surface area contributed by atoms with E-state index in [1.54, 1.807) is 0 Å². The molecule has 0 radical (unpaired) electrons. The molecule has 0 nitrogen and oxygen atoms in total. The van der Waals surface area contributed by atoms with Gasteiger partial charge in [0.25, 0.3) is 0 Å². The zero-order valence-electron chi connectivity index (χ0n) is 3.57. The fraction of sp³-hybridized carbons (Fsp3) is 1.00. The third kappa shape index (κ3) is 8.32. The Bertz CT molecular complexity index is 76.2. The summed E-state index contributed by atoms with van der Waals surface area (Å²) in [6.07, 6.45) is 0. The van der Waals surface area contributed by atoms with Crippen molar-refractivity contribution in [2.24, 2.45) is 0 Å². The van der Waals surface area contributed by atoms with Gasteiger partial charge in [0.05, 0.1) is 0 Å². The van der Waals surface area contributed by atoms with Crippen LogP contribution in [0.2, 0.25) is 0 Å². The molecule has 0 unspecified atom stereocenters. The van der Waals surface area contributed by atoms with Crippen LogP contribution in [0.5, 0.6) is 0 Å². The molecular weight excluding hydrogens is 335 g/mol. The second-order valence-electron chi connectivity index (χ2n) is 0.846. The van der Waals surface area contributed by atoms with Crippen molar-refractivity contribution in [2.75, 3.05) is 0 Å². The van der Waals surface area contributed by atoms with Crippen molar-refractivity contribution >= 4 is 0 Å². The number of halogens is 6. The van der Waals surface area contributed by atoms with Crippen LogP contribution in [0.4, 0.5) is 26.3 Å². The monoisotopic (exact) mass is 335 g/mol. The maximum absolute atomic E-state index is 10.9. The molecule has 0 fully saturated rings. The molecule has 0 heterocycles. The normalized spacial score (nSPS) is 14.4. The first-order chi connectivity index (χ1) is 3.71. The predicted molar refractivity (Wildman–Crippen MR) is 12.1 cm³/mol. The van der Waals surface area contributed by atoms with Crippen LogP contribution in [0.25, 0.3) is 0 Å². The van der Waals surface area contributed by atoms with Crippen molar-refractivity contribution in [3.8, 4) is 0 Å². The fourth-order valence-electron chi connectivity index (χ4n) is 0.0969. The molecule has 0 aromatic carbocycles. The second kappa shape index (κ2) is 2.51. The van der Waals surface area contributed by atoms with E-state index in [1.165, 1.54) is 0 Å². The molecule has 0 aliphatic heterocycles. The summed E-state index contributed by atoms with van der Waals surface area (Å²) in [6, 6.07) is 0. The Balaban J connectivity index is 3.75. The van der Waals surface area contributed by atoms with E-state index in [9.17, 15) is 26.3 Å². The van der Waals surface area contributed by atoms with Gasteiger partial charge in [0.2, 0.25) is 0 Å². The number of alkyl halides is 6. The van der Waals surface area contributed by atoms with Crippen LogP contribution in [0, 0.1) is 0 Å². The van der Waals surface area contributed by atoms with E-state index in [-0.39, 0.29) is 0 Å². The minimum absolute atomic E-state index is 3.55. The zero-order valence-corrected chi connectivity index (χ0v) is 5.74. The van der Waals surface area contributed by atoms with Gasteiger partial charge in [0.15, 0.2) is 0 Å². The second-order valence-corrected chi connectivity index (χ2v) is 3.84. The molecule has 0 rings (SSSR count). The van der Waals surface area contributed by atoms with Crippen molar-refractivity contribution in [3.05, 3.63) is 0 Å². The molecule has 0 saturated heterocycles. The van der Waals surface area contributed by atoms with Crippen LogP contribution in [-0.2, 0) is 19.8 Å². The maximum atomic E-state index is 10.9. The fourth-order valence-corrected chi connectivity index (χ4v) is 0.793.